The van der Waals surface area contributed by atoms with E-state index < -0.39 is 18.5 Å². The molecule has 0 unspecified atom stereocenters. The molecule has 22 heavy (non-hydrogen) atoms. The van der Waals surface area contributed by atoms with E-state index >= 15 is 0 Å². The molecule has 1 N–H and O–H groups in total. The maximum Gasteiger partial charge on any atom is 0.291 e. The summed E-state index contributed by atoms with van der Waals surface area (Å²) in [6, 6.07) is 6.63. The Kier molecular flexibility index (Phi) is 5.14. The Morgan fingerprint density at radius 1 is 1.32 bits per heavy atom. The zero-order valence-corrected chi connectivity index (χ0v) is 11.3. The minimum absolute atomic E-state index is 0.126. The average molecular weight is 299 g/mol. The summed E-state index contributed by atoms with van der Waals surface area (Å²) < 4.78 is 5.05. The predicted molar refractivity (Wildman–Crippen MR) is 74.0 cm³/mol. The molecule has 0 saturated carbocycles. The average Bonchev–Trinajstić information content (AvgIpc) is 2.54. The van der Waals surface area contributed by atoms with Gasteiger partial charge in [-0.3, -0.25) is 9.78 Å². The van der Waals surface area contributed by atoms with Crippen LogP contribution < -0.4 is 15.3 Å². The zero-order chi connectivity index (χ0) is 15.8. The van der Waals surface area contributed by atoms with Gasteiger partial charge >= 0.3 is 0 Å². The van der Waals surface area contributed by atoms with Crippen molar-refractivity contribution in [3.05, 3.63) is 54.1 Å². The highest BCUT2D eigenvalue weighted by Gasteiger charge is 2.05. The van der Waals surface area contributed by atoms with Gasteiger partial charge in [0, 0.05) is 18.0 Å². The number of aromatic nitrogens is 2. The number of rotatable bonds is 6. The molecule has 1 heterocycles. The van der Waals surface area contributed by atoms with Crippen molar-refractivity contribution in [2.45, 2.75) is 0 Å². The fraction of sp³-hybridized carbons (Fsp3) is 0.0714. The molecule has 112 valence electrons. The minimum Gasteiger partial charge on any atom is -0.546 e. The number of carbonyl (C=O) groups is 2. The Labute approximate surface area is 125 Å². The van der Waals surface area contributed by atoms with Crippen LogP contribution in [0.3, 0.4) is 0 Å². The molecule has 0 spiro atoms. The normalized spacial score (nSPS) is 10.4. The third-order valence-electron chi connectivity index (χ3n) is 2.43. The van der Waals surface area contributed by atoms with Crippen LogP contribution in [0.5, 0.6) is 5.75 Å². The largest absolute Gasteiger partial charge is 0.546 e. The van der Waals surface area contributed by atoms with Crippen LogP contribution in [0.1, 0.15) is 16.1 Å². The van der Waals surface area contributed by atoms with E-state index in [1.807, 2.05) is 0 Å². The first-order chi connectivity index (χ1) is 10.7. The minimum atomic E-state index is -1.33. The molecule has 8 heteroatoms. The zero-order valence-electron chi connectivity index (χ0n) is 11.3. The lowest BCUT2D eigenvalue weighted by atomic mass is 10.2. The van der Waals surface area contributed by atoms with E-state index in [1.54, 1.807) is 24.3 Å². The quantitative estimate of drug-likeness (QED) is 0.560. The van der Waals surface area contributed by atoms with Crippen molar-refractivity contribution in [2.75, 3.05) is 6.61 Å². The van der Waals surface area contributed by atoms with Crippen molar-refractivity contribution in [1.82, 2.24) is 15.4 Å². The smallest absolute Gasteiger partial charge is 0.291 e. The van der Waals surface area contributed by atoms with E-state index in [0.29, 0.717) is 11.3 Å². The van der Waals surface area contributed by atoms with Crippen LogP contribution in [0.25, 0.3) is 0 Å². The summed E-state index contributed by atoms with van der Waals surface area (Å²) in [6.07, 6.45) is 5.48. The second-order valence-electron chi connectivity index (χ2n) is 3.99. The second kappa shape index (κ2) is 7.48. The molecule has 0 aliphatic rings. The molecule has 8 nitrogen and oxygen atoms in total. The third-order valence-corrected chi connectivity index (χ3v) is 2.43. The number of hydrazone groups is 1. The molecule has 1 aromatic carbocycles. The van der Waals surface area contributed by atoms with Crippen LogP contribution in [0.2, 0.25) is 0 Å². The molecule has 0 atom stereocenters. The second-order valence-corrected chi connectivity index (χ2v) is 3.99. The number of nitrogens with one attached hydrogen (secondary N) is 1. The lowest BCUT2D eigenvalue weighted by Crippen LogP contribution is -2.29. The number of hydrogen-bond donors (Lipinski definition) is 1. The number of hydrogen-bond acceptors (Lipinski definition) is 7. The topological polar surface area (TPSA) is 117 Å². The number of benzene rings is 1. The van der Waals surface area contributed by atoms with E-state index in [9.17, 15) is 14.7 Å². The van der Waals surface area contributed by atoms with Crippen molar-refractivity contribution < 1.29 is 19.4 Å². The third kappa shape index (κ3) is 4.37. The van der Waals surface area contributed by atoms with Crippen molar-refractivity contribution in [3.63, 3.8) is 0 Å². The molecular weight excluding hydrogens is 288 g/mol. The van der Waals surface area contributed by atoms with Crippen LogP contribution in [0, 0.1) is 0 Å². The molecule has 0 bridgehead atoms. The Bertz CT molecular complexity index is 688. The van der Waals surface area contributed by atoms with Crippen molar-refractivity contribution in [1.29, 1.82) is 0 Å². The molecule has 1 aromatic heterocycles. The van der Waals surface area contributed by atoms with Crippen molar-refractivity contribution in [3.8, 4) is 5.75 Å². The van der Waals surface area contributed by atoms with Crippen molar-refractivity contribution in [2.24, 2.45) is 5.10 Å². The molecule has 0 radical (unpaired) electrons. The Hall–Kier alpha value is -3.29. The SMILES string of the molecule is O=C([O-])COc1ccccc1C=NNC(=O)c1cnccn1. The van der Waals surface area contributed by atoms with Gasteiger partial charge in [0.2, 0.25) is 0 Å². The van der Waals surface area contributed by atoms with Crippen LogP contribution >= 0.6 is 0 Å². The molecule has 0 aliphatic heterocycles. The molecule has 0 fully saturated rings. The summed E-state index contributed by atoms with van der Waals surface area (Å²) in [4.78, 5) is 29.7. The number of amides is 1. The summed E-state index contributed by atoms with van der Waals surface area (Å²) >= 11 is 0. The number of carbonyl (C=O) groups excluding carboxylic acids is 2. The van der Waals surface area contributed by atoms with Gasteiger partial charge in [0.25, 0.3) is 5.91 Å². The number of carboxylic acids is 1. The Morgan fingerprint density at radius 2 is 2.14 bits per heavy atom. The van der Waals surface area contributed by atoms with E-state index in [4.69, 9.17) is 4.74 Å². The highest BCUT2D eigenvalue weighted by Crippen LogP contribution is 2.15. The van der Waals surface area contributed by atoms with Crippen LogP contribution in [-0.4, -0.2) is 34.7 Å². The summed E-state index contributed by atoms with van der Waals surface area (Å²) in [5.74, 6) is -1.54. The van der Waals surface area contributed by atoms with Gasteiger partial charge in [0.05, 0.1) is 18.4 Å². The molecule has 0 aliphatic carbocycles. The van der Waals surface area contributed by atoms with Crippen LogP contribution in [-0.2, 0) is 4.79 Å². The van der Waals surface area contributed by atoms with E-state index in [2.05, 4.69) is 20.5 Å². The van der Waals surface area contributed by atoms with Gasteiger partial charge < -0.3 is 14.6 Å². The van der Waals surface area contributed by atoms with Gasteiger partial charge in [-0.15, -0.1) is 0 Å². The first kappa shape index (κ1) is 15.1. The van der Waals surface area contributed by atoms with E-state index in [0.717, 1.165) is 0 Å². The monoisotopic (exact) mass is 299 g/mol. The number of para-hydroxylation sites is 1. The fourth-order valence-corrected chi connectivity index (χ4v) is 1.49. The van der Waals surface area contributed by atoms with Crippen LogP contribution in [0.15, 0.2) is 48.0 Å². The summed E-state index contributed by atoms with van der Waals surface area (Å²) in [5.41, 5.74) is 2.91. The van der Waals surface area contributed by atoms with Gasteiger partial charge in [-0.2, -0.15) is 5.10 Å². The predicted octanol–water partition coefficient (Wildman–Crippen LogP) is -0.631. The lowest BCUT2D eigenvalue weighted by Gasteiger charge is -2.08. The summed E-state index contributed by atoms with van der Waals surface area (Å²) in [5, 5.41) is 14.2. The number of nitrogens with zero attached hydrogens (tertiary/aromatic N) is 3. The highest BCUT2D eigenvalue weighted by atomic mass is 16.5. The summed E-state index contributed by atoms with van der Waals surface area (Å²) in [7, 11) is 0. The van der Waals surface area contributed by atoms with Gasteiger partial charge in [-0.1, -0.05) is 12.1 Å². The molecule has 2 aromatic rings. The first-order valence-corrected chi connectivity index (χ1v) is 6.18. The molecule has 2 rings (SSSR count). The van der Waals surface area contributed by atoms with Gasteiger partial charge in [0.15, 0.2) is 0 Å². The molecule has 0 saturated heterocycles. The van der Waals surface area contributed by atoms with Crippen molar-refractivity contribution >= 4 is 18.1 Å². The standard InChI is InChI=1S/C14H12N4O4/c19-13(20)9-22-12-4-2-1-3-10(12)7-17-18-14(21)11-8-15-5-6-16-11/h1-8H,9H2,(H,18,21)(H,19,20)/p-1. The fourth-order valence-electron chi connectivity index (χ4n) is 1.49. The van der Waals surface area contributed by atoms with Gasteiger partial charge in [-0.25, -0.2) is 10.4 Å². The van der Waals surface area contributed by atoms with E-state index in [-0.39, 0.29) is 5.69 Å². The Morgan fingerprint density at radius 3 is 2.86 bits per heavy atom. The summed E-state index contributed by atoms with van der Waals surface area (Å²) in [6.45, 7) is -0.573. The highest BCUT2D eigenvalue weighted by molar-refractivity contribution is 5.93. The Balaban J connectivity index is 2.01. The van der Waals surface area contributed by atoms with E-state index in [1.165, 1.54) is 24.8 Å². The van der Waals surface area contributed by atoms with Gasteiger partial charge in [-0.05, 0) is 12.1 Å². The molecular formula is C14H11N4O4-. The van der Waals surface area contributed by atoms with Gasteiger partial charge in [0.1, 0.15) is 18.1 Å². The number of ether oxygens (including phenoxy) is 1. The first-order valence-electron chi connectivity index (χ1n) is 6.18. The number of carboxylic acid groups (broad SMARTS) is 1. The molecule has 1 amide bonds. The lowest BCUT2D eigenvalue weighted by molar-refractivity contribution is -0.307. The maximum absolute atomic E-state index is 11.7. The van der Waals surface area contributed by atoms with Crippen LogP contribution in [0.4, 0.5) is 0 Å². The maximum atomic E-state index is 11.7. The number of aliphatic carboxylic acids is 1.